The van der Waals surface area contributed by atoms with E-state index in [1.54, 1.807) is 26.0 Å². The Morgan fingerprint density at radius 1 is 1.23 bits per heavy atom. The molecule has 1 aromatic heterocycles. The fraction of sp³-hybridized carbons (Fsp3) is 0.450. The van der Waals surface area contributed by atoms with Crippen LogP contribution in [0, 0.1) is 11.8 Å². The fourth-order valence-corrected chi connectivity index (χ4v) is 4.53. The van der Waals surface area contributed by atoms with Crippen molar-refractivity contribution in [3.05, 3.63) is 45.9 Å². The van der Waals surface area contributed by atoms with Crippen LogP contribution in [-0.4, -0.2) is 32.4 Å². The zero-order chi connectivity index (χ0) is 23.2. The van der Waals surface area contributed by atoms with Crippen molar-refractivity contribution in [1.29, 1.82) is 0 Å². The number of nitrogens with two attached hydrogens (primary N) is 1. The molecular formula is C20H27N3O6S2. The third-order valence-corrected chi connectivity index (χ3v) is 6.84. The molecule has 9 nitrogen and oxygen atoms in total. The van der Waals surface area contributed by atoms with Gasteiger partial charge in [-0.15, -0.1) is 11.3 Å². The van der Waals surface area contributed by atoms with Gasteiger partial charge in [-0.25, -0.2) is 4.98 Å². The van der Waals surface area contributed by atoms with E-state index in [2.05, 4.69) is 14.6 Å². The minimum Gasteiger partial charge on any atom is -0.468 e. The molecule has 3 N–H and O–H groups in total. The summed E-state index contributed by atoms with van der Waals surface area (Å²) in [6.07, 6.45) is 1.10. The van der Waals surface area contributed by atoms with Crippen molar-refractivity contribution >= 4 is 33.3 Å². The third kappa shape index (κ3) is 6.33. The zero-order valence-electron chi connectivity index (χ0n) is 17.8. The summed E-state index contributed by atoms with van der Waals surface area (Å²) in [6, 6.07) is 5.47. The molecule has 1 heterocycles. The molecule has 0 saturated carbocycles. The third-order valence-electron chi connectivity index (χ3n) is 4.73. The minimum atomic E-state index is -4.00. The van der Waals surface area contributed by atoms with Crippen molar-refractivity contribution in [2.24, 2.45) is 17.7 Å². The van der Waals surface area contributed by atoms with Crippen LogP contribution < -0.4 is 11.2 Å². The van der Waals surface area contributed by atoms with Gasteiger partial charge in [0.2, 0.25) is 5.91 Å². The number of thiazole rings is 1. The second-order valence-corrected chi connectivity index (χ2v) is 9.70. The lowest BCUT2D eigenvalue weighted by atomic mass is 9.94. The second kappa shape index (κ2) is 10.8. The van der Waals surface area contributed by atoms with Crippen LogP contribution in [0.5, 0.6) is 0 Å². The van der Waals surface area contributed by atoms with E-state index in [1.165, 1.54) is 30.6 Å². The maximum absolute atomic E-state index is 12.9. The van der Waals surface area contributed by atoms with Gasteiger partial charge in [0, 0.05) is 5.38 Å². The Labute approximate surface area is 186 Å². The monoisotopic (exact) mass is 469 g/mol. The van der Waals surface area contributed by atoms with E-state index in [9.17, 15) is 18.0 Å². The predicted molar refractivity (Wildman–Crippen MR) is 115 cm³/mol. The van der Waals surface area contributed by atoms with E-state index in [0.29, 0.717) is 11.4 Å². The van der Waals surface area contributed by atoms with Crippen LogP contribution in [0.25, 0.3) is 0 Å². The lowest BCUT2D eigenvalue weighted by molar-refractivity contribution is -0.152. The average molecular weight is 470 g/mol. The Morgan fingerprint density at radius 3 is 2.35 bits per heavy atom. The molecule has 1 aromatic carbocycles. The first-order chi connectivity index (χ1) is 14.6. The van der Waals surface area contributed by atoms with Gasteiger partial charge in [-0.3, -0.25) is 9.59 Å². The number of nitrogens with one attached hydrogen (secondary N) is 1. The highest BCUT2D eigenvalue weighted by molar-refractivity contribution is 7.86. The van der Waals surface area contributed by atoms with Crippen LogP contribution in [0.15, 0.2) is 34.5 Å². The van der Waals surface area contributed by atoms with Crippen LogP contribution in [-0.2, 0) is 41.6 Å². The van der Waals surface area contributed by atoms with E-state index in [1.807, 2.05) is 12.3 Å². The molecule has 1 amide bonds. The number of hydrogen-bond acceptors (Lipinski definition) is 9. The van der Waals surface area contributed by atoms with Gasteiger partial charge in [0.15, 0.2) is 0 Å². The lowest BCUT2D eigenvalue weighted by Gasteiger charge is -2.22. The van der Waals surface area contributed by atoms with Gasteiger partial charge in [0.1, 0.15) is 10.9 Å². The molecule has 0 radical (unpaired) electrons. The summed E-state index contributed by atoms with van der Waals surface area (Å²) in [5, 5.41) is 5.53. The van der Waals surface area contributed by atoms with Crippen molar-refractivity contribution < 1.29 is 27.0 Å². The summed E-state index contributed by atoms with van der Waals surface area (Å²) in [6.45, 7) is 5.53. The van der Waals surface area contributed by atoms with E-state index < -0.39 is 34.0 Å². The largest absolute Gasteiger partial charge is 0.468 e. The van der Waals surface area contributed by atoms with Gasteiger partial charge >= 0.3 is 16.1 Å². The molecule has 0 bridgehead atoms. The molecule has 2 aromatic rings. The Hall–Kier alpha value is -2.34. The number of carbonyl (C=O) groups is 2. The molecular weight excluding hydrogens is 442 g/mol. The van der Waals surface area contributed by atoms with Crippen LogP contribution in [0.2, 0.25) is 0 Å². The smallest absolute Gasteiger partial charge is 0.318 e. The highest BCUT2D eigenvalue weighted by Gasteiger charge is 2.33. The van der Waals surface area contributed by atoms with Crippen LogP contribution >= 0.6 is 11.3 Å². The maximum atomic E-state index is 12.9. The van der Waals surface area contributed by atoms with Gasteiger partial charge < -0.3 is 10.1 Å². The predicted octanol–water partition coefficient (Wildman–Crippen LogP) is 2.13. The Morgan fingerprint density at radius 2 is 1.87 bits per heavy atom. The molecule has 0 aliphatic heterocycles. The van der Waals surface area contributed by atoms with Crippen molar-refractivity contribution in [3.63, 3.8) is 0 Å². The highest BCUT2D eigenvalue weighted by atomic mass is 32.2. The topological polar surface area (TPSA) is 138 Å². The number of esters is 1. The average Bonchev–Trinajstić information content (AvgIpc) is 3.22. The summed E-state index contributed by atoms with van der Waals surface area (Å²) in [7, 11) is -2.75. The molecule has 0 aliphatic rings. The van der Waals surface area contributed by atoms with Crippen LogP contribution in [0.4, 0.5) is 0 Å². The first kappa shape index (κ1) is 24.9. The highest BCUT2D eigenvalue weighted by Crippen LogP contribution is 2.25. The summed E-state index contributed by atoms with van der Waals surface area (Å²) >= 11 is 1.41. The lowest BCUT2D eigenvalue weighted by Crippen LogP contribution is -2.41. The normalized spacial score (nSPS) is 13.6. The van der Waals surface area contributed by atoms with E-state index in [0.717, 1.165) is 17.7 Å². The number of amides is 1. The number of nitrogens with zero attached hydrogens (tertiary/aromatic N) is 1. The van der Waals surface area contributed by atoms with Crippen molar-refractivity contribution in [2.75, 3.05) is 7.11 Å². The summed E-state index contributed by atoms with van der Waals surface area (Å²) in [5.41, 5.74) is 1.66. The van der Waals surface area contributed by atoms with Crippen molar-refractivity contribution in [2.45, 2.75) is 44.6 Å². The number of aryl methyl sites for hydroxylation is 1. The SMILES string of the molecule is CCc1csc([C@H](Cc2ccc(S(=O)(=O)ON)cc2)NC(=O)[C@@H](C(=O)OC)C(C)C)n1. The van der Waals surface area contributed by atoms with E-state index in [4.69, 9.17) is 10.6 Å². The van der Waals surface area contributed by atoms with Gasteiger partial charge in [-0.1, -0.05) is 32.9 Å². The molecule has 0 aliphatic carbocycles. The molecule has 0 spiro atoms. The second-order valence-electron chi connectivity index (χ2n) is 7.24. The zero-order valence-corrected chi connectivity index (χ0v) is 19.5. The molecule has 2 atom stereocenters. The number of hydrogen-bond donors (Lipinski definition) is 2. The molecule has 2 rings (SSSR count). The van der Waals surface area contributed by atoms with Crippen LogP contribution in [0.3, 0.4) is 0 Å². The molecule has 0 fully saturated rings. The Bertz CT molecular complexity index is 1000. The summed E-state index contributed by atoms with van der Waals surface area (Å²) < 4.78 is 32.2. The minimum absolute atomic E-state index is 0.0765. The number of carbonyl (C=O) groups excluding carboxylic acids is 2. The molecule has 0 saturated heterocycles. The first-order valence-electron chi connectivity index (χ1n) is 9.67. The van der Waals surface area contributed by atoms with Crippen LogP contribution in [0.1, 0.15) is 43.1 Å². The summed E-state index contributed by atoms with van der Waals surface area (Å²) in [4.78, 5) is 29.5. The number of rotatable bonds is 10. The van der Waals surface area contributed by atoms with E-state index in [-0.39, 0.29) is 10.8 Å². The molecule has 0 unspecified atom stereocenters. The van der Waals surface area contributed by atoms with Gasteiger partial charge in [-0.05, 0) is 36.5 Å². The number of aromatic nitrogens is 1. The number of benzene rings is 1. The summed E-state index contributed by atoms with van der Waals surface area (Å²) in [5.74, 6) is 2.56. The van der Waals surface area contributed by atoms with Crippen molar-refractivity contribution in [3.8, 4) is 0 Å². The Kier molecular flexibility index (Phi) is 8.69. The molecule has 11 heteroatoms. The maximum Gasteiger partial charge on any atom is 0.318 e. The standard InChI is InChI=1S/C20H27N3O6S2/c1-5-14-11-30-19(22-14)16(23-18(24)17(12(2)3)20(25)28-4)10-13-6-8-15(9-7-13)31(26,27)29-21/h6-9,11-12,16-17H,5,10,21H2,1-4H3,(H,23,24)/t16-,17-/m0/s1. The van der Waals surface area contributed by atoms with E-state index >= 15 is 0 Å². The fourth-order valence-electron chi connectivity index (χ4n) is 3.00. The van der Waals surface area contributed by atoms with Gasteiger partial charge in [0.25, 0.3) is 0 Å². The number of ether oxygens (including phenoxy) is 1. The molecule has 170 valence electrons. The quantitative estimate of drug-likeness (QED) is 0.307. The Balaban J connectivity index is 2.31. The first-order valence-corrected chi connectivity index (χ1v) is 12.0. The van der Waals surface area contributed by atoms with Crippen molar-refractivity contribution in [1.82, 2.24) is 10.3 Å². The molecule has 31 heavy (non-hydrogen) atoms. The van der Waals surface area contributed by atoms with Gasteiger partial charge in [0.05, 0.1) is 23.7 Å². The number of methoxy groups -OCH3 is 1. The van der Waals surface area contributed by atoms with Gasteiger partial charge in [-0.2, -0.15) is 18.6 Å².